The summed E-state index contributed by atoms with van der Waals surface area (Å²) < 4.78 is 11.6. The first kappa shape index (κ1) is 29.1. The Morgan fingerprint density at radius 2 is 1.90 bits per heavy atom. The highest BCUT2D eigenvalue weighted by Crippen LogP contribution is 2.29. The van der Waals surface area contributed by atoms with Crippen LogP contribution in [-0.4, -0.2) is 88.4 Å². The fourth-order valence-electron chi connectivity index (χ4n) is 5.04. The molecule has 0 aliphatic carbocycles. The summed E-state index contributed by atoms with van der Waals surface area (Å²) in [4.78, 5) is 32.4. The van der Waals surface area contributed by atoms with Gasteiger partial charge in [0.15, 0.2) is 0 Å². The van der Waals surface area contributed by atoms with Crippen molar-refractivity contribution in [1.29, 1.82) is 5.26 Å². The van der Waals surface area contributed by atoms with Crippen molar-refractivity contribution in [3.63, 3.8) is 0 Å². The first-order chi connectivity index (χ1) is 20.2. The Hall–Kier alpha value is -4.43. The van der Waals surface area contributed by atoms with Crippen LogP contribution in [0.1, 0.15) is 39.7 Å². The molecule has 2 aliphatic rings. The summed E-state index contributed by atoms with van der Waals surface area (Å²) in [7, 11) is 0. The number of piperazine rings is 1. The van der Waals surface area contributed by atoms with Crippen molar-refractivity contribution in [1.82, 2.24) is 24.8 Å². The molecule has 0 radical (unpaired) electrons. The molecule has 0 saturated carbocycles. The lowest BCUT2D eigenvalue weighted by atomic mass is 10.1. The van der Waals surface area contributed by atoms with Gasteiger partial charge in [-0.2, -0.15) is 5.26 Å². The van der Waals surface area contributed by atoms with Gasteiger partial charge in [0.05, 0.1) is 29.7 Å². The van der Waals surface area contributed by atoms with Crippen LogP contribution in [0.2, 0.25) is 0 Å². The molecule has 1 aromatic carbocycles. The van der Waals surface area contributed by atoms with Crippen molar-refractivity contribution in [3.8, 4) is 23.1 Å². The van der Waals surface area contributed by atoms with Gasteiger partial charge in [-0.15, -0.1) is 0 Å². The van der Waals surface area contributed by atoms with Crippen LogP contribution in [-0.2, 0) is 4.74 Å². The molecule has 1 N–H and O–H groups in total. The number of ether oxygens (including phenoxy) is 2. The van der Waals surface area contributed by atoms with Crippen LogP contribution in [0.5, 0.6) is 5.75 Å². The Morgan fingerprint density at radius 1 is 1.10 bits per heavy atom. The van der Waals surface area contributed by atoms with Gasteiger partial charge in [0.25, 0.3) is 0 Å². The van der Waals surface area contributed by atoms with E-state index in [0.29, 0.717) is 48.3 Å². The molecule has 2 saturated heterocycles. The van der Waals surface area contributed by atoms with Gasteiger partial charge in [-0.05, 0) is 63.7 Å². The van der Waals surface area contributed by atoms with E-state index in [1.54, 1.807) is 29.3 Å². The van der Waals surface area contributed by atoms with E-state index in [2.05, 4.69) is 49.1 Å². The third-order valence-corrected chi connectivity index (χ3v) is 7.31. The fourth-order valence-corrected chi connectivity index (χ4v) is 5.04. The van der Waals surface area contributed by atoms with Crippen molar-refractivity contribution < 1.29 is 14.3 Å². The normalized spacial score (nSPS) is 17.5. The predicted octanol–water partition coefficient (Wildman–Crippen LogP) is 4.68. The number of likely N-dealkylation sites (tertiary alicyclic amines) is 1. The highest BCUT2D eigenvalue weighted by molar-refractivity contribution is 5.69. The van der Waals surface area contributed by atoms with Crippen molar-refractivity contribution in [3.05, 3.63) is 54.4 Å². The van der Waals surface area contributed by atoms with E-state index in [0.717, 1.165) is 44.0 Å². The number of carbonyl (C=O) groups is 1. The molecule has 2 aromatic heterocycles. The van der Waals surface area contributed by atoms with Crippen molar-refractivity contribution >= 4 is 23.5 Å². The third-order valence-electron chi connectivity index (χ3n) is 7.31. The maximum absolute atomic E-state index is 12.4. The zero-order valence-corrected chi connectivity index (χ0v) is 24.7. The summed E-state index contributed by atoms with van der Waals surface area (Å²) in [6.07, 6.45) is 3.64. The summed E-state index contributed by atoms with van der Waals surface area (Å²) in [6, 6.07) is 13.4. The lowest BCUT2D eigenvalue weighted by Gasteiger charge is -2.35. The summed E-state index contributed by atoms with van der Waals surface area (Å²) in [5, 5.41) is 13.0. The maximum atomic E-state index is 12.4. The van der Waals surface area contributed by atoms with E-state index in [4.69, 9.17) is 9.47 Å². The minimum absolute atomic E-state index is 0.217. The largest absolute Gasteiger partial charge is 0.487 e. The zero-order chi connectivity index (χ0) is 29.7. The Kier molecular flexibility index (Phi) is 8.73. The molecule has 11 heteroatoms. The summed E-state index contributed by atoms with van der Waals surface area (Å²) in [5.41, 5.74) is 2.38. The standard InChI is InChI=1S/C31H38N8O3/c1-5-37-14-16-38(17-15-37)24-7-9-28(34-20-24)36-29-33-12-10-26(35-29)22-6-8-27(23(18-22)19-32)41-25-11-13-39(21-25)30(40)42-31(2,3)4/h6-10,12,18,20,25H,5,11,13-17,21H2,1-4H3,(H,33,34,35,36). The molecule has 0 spiro atoms. The molecule has 2 fully saturated rings. The number of benzene rings is 1. The van der Waals surface area contributed by atoms with Crippen LogP contribution >= 0.6 is 0 Å². The van der Waals surface area contributed by atoms with Crippen molar-refractivity contribution in [2.75, 3.05) is 56.0 Å². The molecule has 4 heterocycles. The number of rotatable bonds is 7. The maximum Gasteiger partial charge on any atom is 0.410 e. The molecule has 3 aromatic rings. The number of aromatic nitrogens is 3. The topological polar surface area (TPSA) is 120 Å². The van der Waals surface area contributed by atoms with Crippen LogP contribution in [0.15, 0.2) is 48.8 Å². The van der Waals surface area contributed by atoms with Gasteiger partial charge >= 0.3 is 6.09 Å². The van der Waals surface area contributed by atoms with Crippen molar-refractivity contribution in [2.45, 2.75) is 45.8 Å². The first-order valence-corrected chi connectivity index (χ1v) is 14.4. The quantitative estimate of drug-likeness (QED) is 0.429. The smallest absolute Gasteiger partial charge is 0.410 e. The minimum Gasteiger partial charge on any atom is -0.487 e. The highest BCUT2D eigenvalue weighted by Gasteiger charge is 2.31. The van der Waals surface area contributed by atoms with Crippen LogP contribution < -0.4 is 15.0 Å². The molecule has 11 nitrogen and oxygen atoms in total. The monoisotopic (exact) mass is 570 g/mol. The molecular formula is C31H38N8O3. The average Bonchev–Trinajstić information content (AvgIpc) is 3.46. The molecule has 42 heavy (non-hydrogen) atoms. The Balaban J connectivity index is 1.21. The number of likely N-dealkylation sites (N-methyl/N-ethyl adjacent to an activating group) is 1. The Bertz CT molecular complexity index is 1430. The second-order valence-electron chi connectivity index (χ2n) is 11.5. The van der Waals surface area contributed by atoms with E-state index in [-0.39, 0.29) is 12.2 Å². The number of carbonyl (C=O) groups excluding carboxylic acids is 1. The Morgan fingerprint density at radius 3 is 2.60 bits per heavy atom. The fraction of sp³-hybridized carbons (Fsp3) is 0.452. The van der Waals surface area contributed by atoms with Gasteiger partial charge in [-0.3, -0.25) is 0 Å². The summed E-state index contributed by atoms with van der Waals surface area (Å²) in [6.45, 7) is 13.9. The summed E-state index contributed by atoms with van der Waals surface area (Å²) >= 11 is 0. The predicted molar refractivity (Wildman–Crippen MR) is 161 cm³/mol. The van der Waals surface area contributed by atoms with Gasteiger partial charge in [0, 0.05) is 50.9 Å². The van der Waals surface area contributed by atoms with Gasteiger partial charge < -0.3 is 29.5 Å². The molecule has 220 valence electrons. The van der Waals surface area contributed by atoms with Gasteiger partial charge in [-0.1, -0.05) is 6.92 Å². The highest BCUT2D eigenvalue weighted by atomic mass is 16.6. The number of pyridine rings is 1. The van der Waals surface area contributed by atoms with Crippen molar-refractivity contribution in [2.24, 2.45) is 0 Å². The van der Waals surface area contributed by atoms with Gasteiger partial charge in [-0.25, -0.2) is 19.7 Å². The third kappa shape index (κ3) is 7.25. The lowest BCUT2D eigenvalue weighted by molar-refractivity contribution is 0.0275. The lowest BCUT2D eigenvalue weighted by Crippen LogP contribution is -2.46. The van der Waals surface area contributed by atoms with Crippen LogP contribution in [0, 0.1) is 11.3 Å². The molecule has 1 unspecified atom stereocenters. The number of hydrogen-bond acceptors (Lipinski definition) is 10. The molecule has 1 amide bonds. The second kappa shape index (κ2) is 12.6. The van der Waals surface area contributed by atoms with Crippen LogP contribution in [0.3, 0.4) is 0 Å². The Labute approximate surface area is 247 Å². The van der Waals surface area contributed by atoms with Gasteiger partial charge in [0.2, 0.25) is 5.95 Å². The van der Waals surface area contributed by atoms with E-state index in [1.165, 1.54) is 0 Å². The number of hydrogen-bond donors (Lipinski definition) is 1. The number of nitriles is 1. The van der Waals surface area contributed by atoms with Crippen LogP contribution in [0.25, 0.3) is 11.3 Å². The number of nitrogens with one attached hydrogen (secondary N) is 1. The molecule has 5 rings (SSSR count). The minimum atomic E-state index is -0.554. The van der Waals surface area contributed by atoms with E-state index in [1.807, 2.05) is 39.1 Å². The molecule has 0 bridgehead atoms. The van der Waals surface area contributed by atoms with Crippen LogP contribution in [0.4, 0.5) is 22.2 Å². The molecular weight excluding hydrogens is 532 g/mol. The average molecular weight is 571 g/mol. The number of anilines is 3. The summed E-state index contributed by atoms with van der Waals surface area (Å²) in [5.74, 6) is 1.54. The number of nitrogens with zero attached hydrogens (tertiary/aromatic N) is 7. The van der Waals surface area contributed by atoms with E-state index >= 15 is 0 Å². The van der Waals surface area contributed by atoms with E-state index < -0.39 is 5.60 Å². The second-order valence-corrected chi connectivity index (χ2v) is 11.5. The van der Waals surface area contributed by atoms with E-state index in [9.17, 15) is 10.1 Å². The SMILES string of the molecule is CCN1CCN(c2ccc(Nc3nccc(-c4ccc(OC5CCN(C(=O)OC(C)(C)C)C5)c(C#N)c4)n3)nc2)CC1. The van der Waals surface area contributed by atoms with Gasteiger partial charge in [0.1, 0.15) is 29.3 Å². The first-order valence-electron chi connectivity index (χ1n) is 14.4. The zero-order valence-electron chi connectivity index (χ0n) is 24.7. The molecule has 1 atom stereocenters. The molecule has 2 aliphatic heterocycles. The number of amides is 1.